The predicted molar refractivity (Wildman–Crippen MR) is 61.9 cm³/mol. The van der Waals surface area contributed by atoms with Gasteiger partial charge in [0.05, 0.1) is 0 Å². The molecule has 1 heteroatoms. The molecule has 0 unspecified atom stereocenters. The van der Waals surface area contributed by atoms with Crippen LogP contribution in [0.2, 0.25) is 0 Å². The maximum atomic E-state index is 13.7. The van der Waals surface area contributed by atoms with E-state index >= 15 is 0 Å². The third-order valence-electron chi connectivity index (χ3n) is 2.14. The summed E-state index contributed by atoms with van der Waals surface area (Å²) in [6, 6.07) is 18.5. The highest BCUT2D eigenvalue weighted by atomic mass is 19.1. The third kappa shape index (κ3) is 2.53. The molecule has 0 nitrogen and oxygen atoms in total. The number of rotatable bonds is 2. The first-order chi connectivity index (χ1) is 7.36. The summed E-state index contributed by atoms with van der Waals surface area (Å²) in [4.78, 5) is 0. The molecule has 0 fully saturated rings. The molecule has 0 aliphatic rings. The van der Waals surface area contributed by atoms with Crippen LogP contribution in [0.5, 0.6) is 0 Å². The molecule has 0 aliphatic heterocycles. The topological polar surface area (TPSA) is 0 Å². The molecule has 0 amide bonds. The fourth-order valence-corrected chi connectivity index (χ4v) is 1.38. The van der Waals surface area contributed by atoms with E-state index in [9.17, 15) is 4.39 Å². The summed E-state index contributed by atoms with van der Waals surface area (Å²) >= 11 is 0. The van der Waals surface area contributed by atoms with Crippen LogP contribution in [0.3, 0.4) is 0 Å². The summed E-state index contributed by atoms with van der Waals surface area (Å²) < 4.78 is 13.7. The Morgan fingerprint density at radius 3 is 1.93 bits per heavy atom. The molecular formula is C14H11F. The smallest absolute Gasteiger partial charge is 0.131 e. The summed E-state index contributed by atoms with van der Waals surface area (Å²) in [5.41, 5.74) is 1.49. The standard InChI is InChI=1S/C14H11F/c15-14(13-9-5-2-6-10-13)11-12-7-3-1-4-8-12/h1-11H/b14-11+. The van der Waals surface area contributed by atoms with E-state index < -0.39 is 0 Å². The molecule has 0 spiro atoms. The first kappa shape index (κ1) is 9.66. The molecule has 0 heterocycles. The molecule has 0 radical (unpaired) electrons. The van der Waals surface area contributed by atoms with Crippen LogP contribution in [0.4, 0.5) is 4.39 Å². The van der Waals surface area contributed by atoms with Gasteiger partial charge < -0.3 is 0 Å². The van der Waals surface area contributed by atoms with Crippen molar-refractivity contribution in [2.24, 2.45) is 0 Å². The molecule has 2 aromatic carbocycles. The molecule has 74 valence electrons. The van der Waals surface area contributed by atoms with Crippen LogP contribution in [0, 0.1) is 0 Å². The minimum absolute atomic E-state index is 0.207. The summed E-state index contributed by atoms with van der Waals surface area (Å²) in [6.07, 6.45) is 1.54. The molecule has 2 aromatic rings. The normalized spacial score (nSPS) is 11.4. The maximum absolute atomic E-state index is 13.7. The SMILES string of the molecule is F/C(=C/c1ccccc1)c1ccccc1. The Kier molecular flexibility index (Phi) is 2.93. The molecule has 0 saturated heterocycles. The van der Waals surface area contributed by atoms with Gasteiger partial charge in [-0.15, -0.1) is 0 Å². The second kappa shape index (κ2) is 4.56. The summed E-state index contributed by atoms with van der Waals surface area (Å²) in [5, 5.41) is 0. The maximum Gasteiger partial charge on any atom is 0.131 e. The molecular weight excluding hydrogens is 187 g/mol. The Labute approximate surface area is 88.7 Å². The van der Waals surface area contributed by atoms with Crippen LogP contribution in [-0.2, 0) is 0 Å². The monoisotopic (exact) mass is 198 g/mol. The van der Waals surface area contributed by atoms with E-state index in [1.54, 1.807) is 12.1 Å². The lowest BCUT2D eigenvalue weighted by Gasteiger charge is -1.97. The van der Waals surface area contributed by atoms with Crippen LogP contribution < -0.4 is 0 Å². The van der Waals surface area contributed by atoms with Gasteiger partial charge >= 0.3 is 0 Å². The van der Waals surface area contributed by atoms with Crippen molar-refractivity contribution in [1.29, 1.82) is 0 Å². The van der Waals surface area contributed by atoms with Gasteiger partial charge in [-0.1, -0.05) is 60.7 Å². The summed E-state index contributed by atoms with van der Waals surface area (Å²) in [5.74, 6) is -0.207. The van der Waals surface area contributed by atoms with E-state index in [2.05, 4.69) is 0 Å². The molecule has 0 atom stereocenters. The molecule has 0 bridgehead atoms. The Morgan fingerprint density at radius 1 is 0.800 bits per heavy atom. The van der Waals surface area contributed by atoms with Gasteiger partial charge in [0.25, 0.3) is 0 Å². The molecule has 2 rings (SSSR count). The Hall–Kier alpha value is -1.89. The third-order valence-corrected chi connectivity index (χ3v) is 2.14. The van der Waals surface area contributed by atoms with Crippen molar-refractivity contribution in [3.05, 3.63) is 71.8 Å². The molecule has 15 heavy (non-hydrogen) atoms. The van der Waals surface area contributed by atoms with Crippen LogP contribution in [0.25, 0.3) is 11.9 Å². The molecule has 0 aliphatic carbocycles. The lowest BCUT2D eigenvalue weighted by Crippen LogP contribution is -1.77. The van der Waals surface area contributed by atoms with Crippen molar-refractivity contribution >= 4 is 11.9 Å². The number of hydrogen-bond acceptors (Lipinski definition) is 0. The Bertz CT molecular complexity index is 443. The van der Waals surface area contributed by atoms with Gasteiger partial charge in [-0.2, -0.15) is 0 Å². The van der Waals surface area contributed by atoms with E-state index in [-0.39, 0.29) is 5.83 Å². The van der Waals surface area contributed by atoms with E-state index in [1.165, 1.54) is 6.08 Å². The van der Waals surface area contributed by atoms with Gasteiger partial charge in [0.15, 0.2) is 0 Å². The first-order valence-corrected chi connectivity index (χ1v) is 4.84. The van der Waals surface area contributed by atoms with Crippen molar-refractivity contribution in [1.82, 2.24) is 0 Å². The average molecular weight is 198 g/mol. The summed E-state index contributed by atoms with van der Waals surface area (Å²) in [7, 11) is 0. The van der Waals surface area contributed by atoms with Crippen molar-refractivity contribution in [2.45, 2.75) is 0 Å². The predicted octanol–water partition coefficient (Wildman–Crippen LogP) is 4.15. The second-order valence-corrected chi connectivity index (χ2v) is 3.27. The number of benzene rings is 2. The lowest BCUT2D eigenvalue weighted by atomic mass is 10.1. The molecule has 0 saturated carbocycles. The van der Waals surface area contributed by atoms with Crippen molar-refractivity contribution in [2.75, 3.05) is 0 Å². The minimum Gasteiger partial charge on any atom is -0.206 e. The summed E-state index contributed by atoms with van der Waals surface area (Å²) in [6.45, 7) is 0. The van der Waals surface area contributed by atoms with Crippen LogP contribution in [-0.4, -0.2) is 0 Å². The van der Waals surface area contributed by atoms with Gasteiger partial charge in [0.1, 0.15) is 5.83 Å². The fourth-order valence-electron chi connectivity index (χ4n) is 1.38. The second-order valence-electron chi connectivity index (χ2n) is 3.27. The van der Waals surface area contributed by atoms with Gasteiger partial charge in [-0.25, -0.2) is 4.39 Å². The molecule has 0 N–H and O–H groups in total. The van der Waals surface area contributed by atoms with Crippen molar-refractivity contribution in [3.8, 4) is 0 Å². The number of hydrogen-bond donors (Lipinski definition) is 0. The lowest BCUT2D eigenvalue weighted by molar-refractivity contribution is 0.765. The zero-order chi connectivity index (χ0) is 10.5. The Balaban J connectivity index is 2.29. The fraction of sp³-hybridized carbons (Fsp3) is 0. The van der Waals surface area contributed by atoms with Crippen LogP contribution in [0.1, 0.15) is 11.1 Å². The van der Waals surface area contributed by atoms with E-state index in [0.717, 1.165) is 5.56 Å². The van der Waals surface area contributed by atoms with Gasteiger partial charge in [0.2, 0.25) is 0 Å². The van der Waals surface area contributed by atoms with E-state index in [1.807, 2.05) is 48.5 Å². The first-order valence-electron chi connectivity index (χ1n) is 4.84. The molecule has 0 aromatic heterocycles. The van der Waals surface area contributed by atoms with Gasteiger partial charge in [0, 0.05) is 5.56 Å². The van der Waals surface area contributed by atoms with Crippen molar-refractivity contribution in [3.63, 3.8) is 0 Å². The highest BCUT2D eigenvalue weighted by Crippen LogP contribution is 2.18. The van der Waals surface area contributed by atoms with Crippen LogP contribution >= 0.6 is 0 Å². The zero-order valence-corrected chi connectivity index (χ0v) is 8.23. The number of halogens is 1. The Morgan fingerprint density at radius 2 is 1.33 bits per heavy atom. The minimum atomic E-state index is -0.207. The van der Waals surface area contributed by atoms with E-state index in [4.69, 9.17) is 0 Å². The zero-order valence-electron chi connectivity index (χ0n) is 8.23. The highest BCUT2D eigenvalue weighted by molar-refractivity contribution is 5.76. The van der Waals surface area contributed by atoms with Gasteiger partial charge in [-0.3, -0.25) is 0 Å². The highest BCUT2D eigenvalue weighted by Gasteiger charge is 1.98. The van der Waals surface area contributed by atoms with Crippen molar-refractivity contribution < 1.29 is 4.39 Å². The largest absolute Gasteiger partial charge is 0.206 e. The van der Waals surface area contributed by atoms with Gasteiger partial charge in [-0.05, 0) is 11.6 Å². The average Bonchev–Trinajstić information content (AvgIpc) is 2.31. The van der Waals surface area contributed by atoms with E-state index in [0.29, 0.717) is 5.56 Å². The van der Waals surface area contributed by atoms with Crippen LogP contribution in [0.15, 0.2) is 60.7 Å². The quantitative estimate of drug-likeness (QED) is 0.636.